The van der Waals surface area contributed by atoms with Gasteiger partial charge in [-0.3, -0.25) is 4.79 Å². The zero-order valence-electron chi connectivity index (χ0n) is 17.7. The topological polar surface area (TPSA) is 66.9 Å². The third kappa shape index (κ3) is 4.88. The maximum Gasteiger partial charge on any atom is 0.255 e. The number of pyridine rings is 1. The van der Waals surface area contributed by atoms with Crippen molar-refractivity contribution in [3.05, 3.63) is 72.4 Å². The molecule has 2 heterocycles. The van der Waals surface area contributed by atoms with E-state index in [1.54, 1.807) is 38.5 Å². The Morgan fingerprint density at radius 2 is 1.42 bits per heavy atom. The van der Waals surface area contributed by atoms with E-state index in [9.17, 15) is 4.79 Å². The smallest absolute Gasteiger partial charge is 0.255 e. The predicted molar refractivity (Wildman–Crippen MR) is 123 cm³/mol. The highest BCUT2D eigenvalue weighted by Gasteiger charge is 2.18. The number of nitrogens with one attached hydrogen (secondary N) is 1. The van der Waals surface area contributed by atoms with Crippen molar-refractivity contribution in [2.24, 2.45) is 0 Å². The summed E-state index contributed by atoms with van der Waals surface area (Å²) in [6.45, 7) is 3.68. The summed E-state index contributed by atoms with van der Waals surface area (Å²) in [6.07, 6.45) is 1.86. The Kier molecular flexibility index (Phi) is 6.21. The molecule has 3 aromatic rings. The van der Waals surface area contributed by atoms with Crippen LogP contribution in [0.3, 0.4) is 0 Å². The molecule has 7 heteroatoms. The number of amides is 1. The van der Waals surface area contributed by atoms with E-state index in [0.717, 1.165) is 49.0 Å². The van der Waals surface area contributed by atoms with Gasteiger partial charge in [0, 0.05) is 49.2 Å². The first-order chi connectivity index (χ1) is 15.2. The molecule has 1 N–H and O–H groups in total. The number of carbonyl (C=O) groups is 1. The Morgan fingerprint density at radius 3 is 1.97 bits per heavy atom. The van der Waals surface area contributed by atoms with Gasteiger partial charge in [0.15, 0.2) is 0 Å². The van der Waals surface area contributed by atoms with Gasteiger partial charge in [-0.2, -0.15) is 0 Å². The van der Waals surface area contributed by atoms with Crippen LogP contribution in [-0.4, -0.2) is 51.3 Å². The first-order valence-electron chi connectivity index (χ1n) is 10.2. The molecule has 1 amide bonds. The third-order valence-electron chi connectivity index (χ3n) is 5.42. The quantitative estimate of drug-likeness (QED) is 0.659. The van der Waals surface area contributed by atoms with Crippen LogP contribution in [-0.2, 0) is 0 Å². The van der Waals surface area contributed by atoms with Crippen molar-refractivity contribution in [2.75, 3.05) is 55.5 Å². The van der Waals surface area contributed by atoms with E-state index in [1.807, 2.05) is 42.6 Å². The van der Waals surface area contributed by atoms with Crippen molar-refractivity contribution in [3.8, 4) is 11.6 Å². The van der Waals surface area contributed by atoms with Crippen molar-refractivity contribution in [1.82, 2.24) is 4.98 Å². The molecule has 0 unspecified atom stereocenters. The molecule has 1 fully saturated rings. The molecule has 0 radical (unpaired) electrons. The SMILES string of the molecule is COc1ccc(C(=O)Nc2ccc(N3CCN(c4ccc(OC)nc4)CC3)cc2)cc1. The molecular weight excluding hydrogens is 392 g/mol. The van der Waals surface area contributed by atoms with Gasteiger partial charge in [0.25, 0.3) is 5.91 Å². The minimum absolute atomic E-state index is 0.142. The van der Waals surface area contributed by atoms with E-state index in [4.69, 9.17) is 9.47 Å². The fourth-order valence-electron chi connectivity index (χ4n) is 3.60. The van der Waals surface area contributed by atoms with E-state index >= 15 is 0 Å². The Balaban J connectivity index is 1.32. The molecule has 1 aliphatic heterocycles. The van der Waals surface area contributed by atoms with Gasteiger partial charge in [0.05, 0.1) is 26.1 Å². The van der Waals surface area contributed by atoms with Gasteiger partial charge < -0.3 is 24.6 Å². The van der Waals surface area contributed by atoms with Crippen LogP contribution in [0.5, 0.6) is 11.6 Å². The lowest BCUT2D eigenvalue weighted by molar-refractivity contribution is 0.102. The number of carbonyl (C=O) groups excluding carboxylic acids is 1. The number of hydrogen-bond donors (Lipinski definition) is 1. The molecule has 0 spiro atoms. The first-order valence-corrected chi connectivity index (χ1v) is 10.2. The fourth-order valence-corrected chi connectivity index (χ4v) is 3.60. The molecule has 0 saturated carbocycles. The van der Waals surface area contributed by atoms with Gasteiger partial charge in [0.1, 0.15) is 5.75 Å². The van der Waals surface area contributed by atoms with Crippen molar-refractivity contribution in [3.63, 3.8) is 0 Å². The molecule has 1 aliphatic rings. The highest BCUT2D eigenvalue weighted by molar-refractivity contribution is 6.04. The van der Waals surface area contributed by atoms with Crippen molar-refractivity contribution >= 4 is 23.0 Å². The van der Waals surface area contributed by atoms with E-state index in [2.05, 4.69) is 20.1 Å². The van der Waals surface area contributed by atoms with Gasteiger partial charge >= 0.3 is 0 Å². The number of rotatable bonds is 6. The summed E-state index contributed by atoms with van der Waals surface area (Å²) in [5.41, 5.74) is 3.62. The molecule has 7 nitrogen and oxygen atoms in total. The predicted octanol–water partition coefficient (Wildman–Crippen LogP) is 3.68. The number of benzene rings is 2. The highest BCUT2D eigenvalue weighted by atomic mass is 16.5. The minimum Gasteiger partial charge on any atom is -0.497 e. The Morgan fingerprint density at radius 1 is 0.806 bits per heavy atom. The monoisotopic (exact) mass is 418 g/mol. The Hall–Kier alpha value is -3.74. The number of aromatic nitrogens is 1. The largest absolute Gasteiger partial charge is 0.497 e. The van der Waals surface area contributed by atoms with E-state index in [1.165, 1.54) is 0 Å². The van der Waals surface area contributed by atoms with Gasteiger partial charge in [0.2, 0.25) is 5.88 Å². The number of ether oxygens (including phenoxy) is 2. The van der Waals surface area contributed by atoms with Crippen LogP contribution < -0.4 is 24.6 Å². The summed E-state index contributed by atoms with van der Waals surface area (Å²) < 4.78 is 10.3. The van der Waals surface area contributed by atoms with E-state index in [-0.39, 0.29) is 5.91 Å². The number of hydrogen-bond acceptors (Lipinski definition) is 6. The second-order valence-electron chi connectivity index (χ2n) is 7.26. The molecule has 1 saturated heterocycles. The first kappa shape index (κ1) is 20.5. The van der Waals surface area contributed by atoms with Crippen LogP contribution in [0.15, 0.2) is 66.9 Å². The molecule has 4 rings (SSSR count). The lowest BCUT2D eigenvalue weighted by Gasteiger charge is -2.37. The van der Waals surface area contributed by atoms with Crippen LogP contribution in [0.2, 0.25) is 0 Å². The molecule has 160 valence electrons. The summed E-state index contributed by atoms with van der Waals surface area (Å²) >= 11 is 0. The van der Waals surface area contributed by atoms with Crippen molar-refractivity contribution < 1.29 is 14.3 Å². The van der Waals surface area contributed by atoms with Gasteiger partial charge in [-0.05, 0) is 54.6 Å². The zero-order valence-corrected chi connectivity index (χ0v) is 17.7. The summed E-state index contributed by atoms with van der Waals surface area (Å²) in [6, 6.07) is 19.0. The summed E-state index contributed by atoms with van der Waals surface area (Å²) in [7, 11) is 3.23. The highest BCUT2D eigenvalue weighted by Crippen LogP contribution is 2.23. The maximum atomic E-state index is 12.4. The van der Waals surface area contributed by atoms with Crippen LogP contribution in [0.4, 0.5) is 17.1 Å². The Bertz CT molecular complexity index is 997. The van der Waals surface area contributed by atoms with Gasteiger partial charge in [-0.1, -0.05) is 0 Å². The second-order valence-corrected chi connectivity index (χ2v) is 7.26. The second kappa shape index (κ2) is 9.38. The fraction of sp³-hybridized carbons (Fsp3) is 0.250. The molecule has 31 heavy (non-hydrogen) atoms. The zero-order chi connectivity index (χ0) is 21.6. The molecular formula is C24H26N4O3. The molecule has 0 atom stereocenters. The molecule has 2 aromatic carbocycles. The molecule has 0 aliphatic carbocycles. The minimum atomic E-state index is -0.142. The number of methoxy groups -OCH3 is 2. The summed E-state index contributed by atoms with van der Waals surface area (Å²) in [5, 5.41) is 2.94. The van der Waals surface area contributed by atoms with Crippen LogP contribution in [0.25, 0.3) is 0 Å². The standard InChI is InChI=1S/C24H26N4O3/c1-30-22-10-3-18(4-11-22)24(29)26-19-5-7-20(8-6-19)27-13-15-28(16-14-27)21-9-12-23(31-2)25-17-21/h3-12,17H,13-16H2,1-2H3,(H,26,29). The summed E-state index contributed by atoms with van der Waals surface area (Å²) in [4.78, 5) is 21.4. The normalized spacial score (nSPS) is 13.6. The van der Waals surface area contributed by atoms with Gasteiger partial charge in [-0.15, -0.1) is 0 Å². The number of anilines is 3. The van der Waals surface area contributed by atoms with Crippen molar-refractivity contribution in [2.45, 2.75) is 0 Å². The maximum absolute atomic E-state index is 12.4. The Labute approximate surface area is 182 Å². The molecule has 1 aromatic heterocycles. The van der Waals surface area contributed by atoms with E-state index in [0.29, 0.717) is 11.4 Å². The number of nitrogens with zero attached hydrogens (tertiary/aromatic N) is 3. The molecule has 0 bridgehead atoms. The van der Waals surface area contributed by atoms with Crippen LogP contribution >= 0.6 is 0 Å². The third-order valence-corrected chi connectivity index (χ3v) is 5.42. The van der Waals surface area contributed by atoms with E-state index < -0.39 is 0 Å². The average Bonchev–Trinajstić information content (AvgIpc) is 2.85. The summed E-state index contributed by atoms with van der Waals surface area (Å²) in [5.74, 6) is 1.21. The lowest BCUT2D eigenvalue weighted by Crippen LogP contribution is -2.46. The lowest BCUT2D eigenvalue weighted by atomic mass is 10.2. The number of piperazine rings is 1. The van der Waals surface area contributed by atoms with Crippen LogP contribution in [0, 0.1) is 0 Å². The van der Waals surface area contributed by atoms with Gasteiger partial charge in [-0.25, -0.2) is 4.98 Å². The van der Waals surface area contributed by atoms with Crippen molar-refractivity contribution in [1.29, 1.82) is 0 Å². The van der Waals surface area contributed by atoms with Crippen LogP contribution in [0.1, 0.15) is 10.4 Å². The average molecular weight is 418 g/mol.